The zero-order valence-corrected chi connectivity index (χ0v) is 40.4. The molecule has 0 bridgehead atoms. The minimum atomic E-state index is -0.476. The fourth-order valence-corrected chi connectivity index (χ4v) is 8.88. The Bertz CT molecular complexity index is 2370. The summed E-state index contributed by atoms with van der Waals surface area (Å²) in [6.45, 7) is 42.9. The van der Waals surface area contributed by atoms with Crippen LogP contribution in [0, 0.1) is 27.0 Å². The molecule has 2 aliphatic carbocycles. The maximum absolute atomic E-state index is 9.74. The second-order valence-corrected chi connectivity index (χ2v) is 21.7. The first-order chi connectivity index (χ1) is 28.6. The van der Waals surface area contributed by atoms with Gasteiger partial charge in [-0.1, -0.05) is 0 Å². The molecule has 0 radical (unpaired) electrons. The van der Waals surface area contributed by atoms with Gasteiger partial charge in [0.2, 0.25) is 0 Å². The molecule has 12 nitrogen and oxygen atoms in total. The molecule has 2 N–H and O–H groups in total. The number of hydrogen-bond donors (Lipinski definition) is 2. The summed E-state index contributed by atoms with van der Waals surface area (Å²) in [5.74, 6) is 0. The van der Waals surface area contributed by atoms with E-state index in [9.17, 15) is 10.2 Å². The summed E-state index contributed by atoms with van der Waals surface area (Å²) in [4.78, 5) is 7.21. The quantitative estimate of drug-likeness (QED) is 0.154. The number of fused-ring (bicyclic) bond motifs is 2. The van der Waals surface area contributed by atoms with Crippen molar-refractivity contribution in [2.45, 2.75) is 181 Å². The number of halogens is 1. The van der Waals surface area contributed by atoms with Crippen LogP contribution in [-0.4, -0.2) is 86.3 Å². The molecule has 5 fully saturated rings. The third-order valence-electron chi connectivity index (χ3n) is 14.8. The molecule has 2 aromatic heterocycles. The standard InChI is InChI=1S/C20H25BN2O3.C14H13BrN2O.C12H24B2O4/c1-12-7-18-15(10-17(12)22-6)16(11-23(18)13-8-14(24)9-13)21-25-19(2,3)20(4,5)26-21;1-8-3-14-11(6-13(8)16-2)12(15)7-17(14)9-4-10(18)5-9;1-9(2)10(3,4)16-13(15-9)14-17-11(5,6)12(7,8)18-14/h7,10-11,13-14,24H,8-9H2,1-5H3;3,6-7,9-10,18H,4-5H2,1H3;1-8H3. The molecule has 0 unspecified atom stereocenters. The number of aromatic nitrogens is 2. The molecule has 2 aromatic carbocycles. The molecule has 9 rings (SSSR count). The van der Waals surface area contributed by atoms with Crippen molar-refractivity contribution < 1.29 is 38.1 Å². The van der Waals surface area contributed by atoms with Gasteiger partial charge >= 0.3 is 21.1 Å². The SMILES string of the molecule is CC1(C)OB(B2OC(C)(C)C(C)(C)O2)OC1(C)C.[C-]#[N+]c1cc2c(B3OC(C)(C)C(C)(C)O3)cn(C3CC(O)C3)c2cc1C.[C-]#[N+]c1cc2c(Br)cn(C3CC(O)C3)c2cc1C. The molecular formula is C46H62B3BrN4O8. The van der Waals surface area contributed by atoms with E-state index in [1.165, 1.54) is 0 Å². The van der Waals surface area contributed by atoms with Gasteiger partial charge in [0, 0.05) is 50.8 Å². The van der Waals surface area contributed by atoms with Crippen molar-refractivity contribution in [3.63, 3.8) is 0 Å². The number of rotatable bonds is 4. The molecule has 0 atom stereocenters. The van der Waals surface area contributed by atoms with E-state index in [-0.39, 0.29) is 40.7 Å². The molecule has 5 heterocycles. The summed E-state index contributed by atoms with van der Waals surface area (Å²) < 4.78 is 41.8. The summed E-state index contributed by atoms with van der Waals surface area (Å²) in [6.07, 6.45) is 6.94. The third-order valence-corrected chi connectivity index (χ3v) is 15.4. The van der Waals surface area contributed by atoms with Crippen LogP contribution in [0.15, 0.2) is 41.1 Å². The molecule has 3 saturated heterocycles. The van der Waals surface area contributed by atoms with Crippen molar-refractivity contribution >= 4 is 75.7 Å². The number of benzene rings is 2. The Labute approximate surface area is 377 Å². The van der Waals surface area contributed by atoms with E-state index < -0.39 is 32.3 Å². The van der Waals surface area contributed by atoms with E-state index in [0.29, 0.717) is 17.4 Å². The molecule has 16 heteroatoms. The smallest absolute Gasteiger partial charge is 0.405 e. The van der Waals surface area contributed by atoms with Crippen LogP contribution >= 0.6 is 15.9 Å². The number of aryl methyl sites for hydroxylation is 2. The Hall–Kier alpha value is -3.15. The fourth-order valence-electron chi connectivity index (χ4n) is 8.34. The van der Waals surface area contributed by atoms with E-state index in [4.69, 9.17) is 41.1 Å². The van der Waals surface area contributed by atoms with Crippen molar-refractivity contribution in [2.75, 3.05) is 0 Å². The van der Waals surface area contributed by atoms with Gasteiger partial charge in [-0.3, -0.25) is 0 Å². The second-order valence-electron chi connectivity index (χ2n) is 20.8. The van der Waals surface area contributed by atoms with E-state index in [1.807, 2.05) is 109 Å². The van der Waals surface area contributed by atoms with Crippen LogP contribution < -0.4 is 5.46 Å². The summed E-state index contributed by atoms with van der Waals surface area (Å²) in [5, 5.41) is 21.3. The highest BCUT2D eigenvalue weighted by Crippen LogP contribution is 2.44. The molecule has 4 aromatic rings. The minimum absolute atomic E-state index is 0.158. The summed E-state index contributed by atoms with van der Waals surface area (Å²) in [7, 11) is -1.41. The van der Waals surface area contributed by atoms with Gasteiger partial charge in [-0.2, -0.15) is 0 Å². The van der Waals surface area contributed by atoms with Crippen molar-refractivity contribution in [3.8, 4) is 0 Å². The maximum Gasteiger partial charge on any atom is 0.496 e. The van der Waals surface area contributed by atoms with Gasteiger partial charge in [0.15, 0.2) is 11.4 Å². The van der Waals surface area contributed by atoms with Gasteiger partial charge < -0.3 is 47.3 Å². The average molecular weight is 911 g/mol. The first-order valence-electron chi connectivity index (χ1n) is 21.7. The molecular weight excluding hydrogens is 849 g/mol. The van der Waals surface area contributed by atoms with Gasteiger partial charge in [0.1, 0.15) is 0 Å². The maximum atomic E-state index is 9.74. The summed E-state index contributed by atoms with van der Waals surface area (Å²) in [6, 6.07) is 8.69. The monoisotopic (exact) mass is 910 g/mol. The van der Waals surface area contributed by atoms with Crippen molar-refractivity contribution in [1.29, 1.82) is 0 Å². The highest BCUT2D eigenvalue weighted by Gasteiger charge is 2.63. The Kier molecular flexibility index (Phi) is 12.1. The third kappa shape index (κ3) is 8.34. The Balaban J connectivity index is 0.000000144. The van der Waals surface area contributed by atoms with Crippen LogP contribution in [0.4, 0.5) is 11.4 Å². The second kappa shape index (κ2) is 16.1. The van der Waals surface area contributed by atoms with E-state index in [1.54, 1.807) is 0 Å². The first-order valence-corrected chi connectivity index (χ1v) is 22.5. The van der Waals surface area contributed by atoms with Crippen LogP contribution in [0.3, 0.4) is 0 Å². The topological polar surface area (TPSA) is 114 Å². The number of nitrogens with zero attached hydrogens (tertiary/aromatic N) is 4. The molecule has 0 spiro atoms. The van der Waals surface area contributed by atoms with Gasteiger partial charge in [-0.05, 0) is 179 Å². The Morgan fingerprint density at radius 2 is 0.903 bits per heavy atom. The van der Waals surface area contributed by atoms with Crippen LogP contribution in [0.25, 0.3) is 31.5 Å². The normalized spacial score (nSPS) is 27.1. The van der Waals surface area contributed by atoms with Crippen molar-refractivity contribution in [1.82, 2.24) is 9.13 Å². The highest BCUT2D eigenvalue weighted by atomic mass is 79.9. The predicted molar refractivity (Wildman–Crippen MR) is 250 cm³/mol. The van der Waals surface area contributed by atoms with Crippen molar-refractivity contribution in [3.05, 3.63) is 75.1 Å². The van der Waals surface area contributed by atoms with Crippen LogP contribution in [0.5, 0.6) is 0 Å². The van der Waals surface area contributed by atoms with Gasteiger partial charge in [-0.25, -0.2) is 9.69 Å². The van der Waals surface area contributed by atoms with E-state index in [0.717, 1.165) is 68.6 Å². The van der Waals surface area contributed by atoms with Crippen LogP contribution in [0.1, 0.15) is 132 Å². The summed E-state index contributed by atoms with van der Waals surface area (Å²) >= 11 is 3.56. The molecule has 0 amide bonds. The van der Waals surface area contributed by atoms with Gasteiger partial charge in [-0.15, -0.1) is 0 Å². The van der Waals surface area contributed by atoms with Crippen LogP contribution in [0.2, 0.25) is 0 Å². The molecule has 62 heavy (non-hydrogen) atoms. The molecule has 5 aliphatic rings. The zero-order valence-electron chi connectivity index (χ0n) is 38.8. The number of aliphatic hydroxyl groups excluding tert-OH is 2. The minimum Gasteiger partial charge on any atom is -0.405 e. The Morgan fingerprint density at radius 3 is 1.27 bits per heavy atom. The number of hydrogen-bond acceptors (Lipinski definition) is 8. The highest BCUT2D eigenvalue weighted by molar-refractivity contribution is 9.10. The van der Waals surface area contributed by atoms with Crippen molar-refractivity contribution in [2.24, 2.45) is 0 Å². The largest absolute Gasteiger partial charge is 0.496 e. The van der Waals surface area contributed by atoms with Crippen LogP contribution in [-0.2, 0) is 27.9 Å². The lowest BCUT2D eigenvalue weighted by Crippen LogP contribution is -2.41. The zero-order chi connectivity index (χ0) is 45.7. The fraction of sp³-hybridized carbons (Fsp3) is 0.609. The summed E-state index contributed by atoms with van der Waals surface area (Å²) in [5.41, 5.74) is 4.25. The van der Waals surface area contributed by atoms with E-state index in [2.05, 4.69) is 59.3 Å². The lowest BCUT2D eigenvalue weighted by molar-refractivity contribution is 0.00578. The average Bonchev–Trinajstić information content (AvgIpc) is 3.84. The predicted octanol–water partition coefficient (Wildman–Crippen LogP) is 9.70. The first kappa shape index (κ1) is 46.8. The number of aliphatic hydroxyl groups is 2. The molecule has 2 saturated carbocycles. The lowest BCUT2D eigenvalue weighted by Gasteiger charge is -2.33. The Morgan fingerprint density at radius 1 is 0.565 bits per heavy atom. The van der Waals surface area contributed by atoms with Gasteiger partial charge in [0.25, 0.3) is 0 Å². The van der Waals surface area contributed by atoms with E-state index >= 15 is 0 Å². The molecule has 330 valence electrons. The lowest BCUT2D eigenvalue weighted by atomic mass is 9.49. The van der Waals surface area contributed by atoms with Gasteiger partial charge in [0.05, 0.1) is 59.0 Å². The molecule has 3 aliphatic heterocycles.